The van der Waals surface area contributed by atoms with Gasteiger partial charge < -0.3 is 29.4 Å². The zero-order chi connectivity index (χ0) is 34.1. The van der Waals surface area contributed by atoms with Crippen LogP contribution in [0.1, 0.15) is 130 Å². The largest absolute Gasteiger partial charge is 0.390 e. The standard InChI is InChI=1S/C40H67NO6/c1-31-12-16-35(47-27-8-23-41-38(43)20-28-45-25-9-26-46-29-24-42)17-14-33(30-31)13-15-34-11-7-22-40(5)36(18-19-37(34)40)32(2)10-6-21-39(3,4)44/h13,15,24,32,35-37,44H,1,6-12,14,16-23,25-30H2,2-5H3,(H,41,43)/b33-13-,34-15+/t32-,35+,36-,37+,40-/m1/s1. The van der Waals surface area contributed by atoms with Crippen LogP contribution in [0, 0.1) is 23.2 Å². The molecule has 0 spiro atoms. The summed E-state index contributed by atoms with van der Waals surface area (Å²) in [6.07, 6.45) is 22.6. The molecule has 7 nitrogen and oxygen atoms in total. The highest BCUT2D eigenvalue weighted by Gasteiger charge is 2.50. The highest BCUT2D eigenvalue weighted by atomic mass is 16.5. The second-order valence-corrected chi connectivity index (χ2v) is 15.5. The minimum Gasteiger partial charge on any atom is -0.390 e. The lowest BCUT2D eigenvalue weighted by atomic mass is 9.60. The summed E-state index contributed by atoms with van der Waals surface area (Å²) >= 11 is 0. The molecule has 3 fully saturated rings. The molecule has 7 heteroatoms. The molecule has 2 N–H and O–H groups in total. The number of aliphatic hydroxyl groups is 1. The molecular weight excluding hydrogens is 590 g/mol. The monoisotopic (exact) mass is 657 g/mol. The summed E-state index contributed by atoms with van der Waals surface area (Å²) in [5.74, 6) is 2.20. The van der Waals surface area contributed by atoms with E-state index in [0.29, 0.717) is 63.1 Å². The Bertz CT molecular complexity index is 1030. The SMILES string of the molecule is C=C1CC[C@H](OCCCNC(=O)CCOCCCOCC=O)CC/C(=C/C=C2\CCC[C@]3(C)[C@@H]([C@H](C)CCCC(C)(C)O)CC[C@@H]23)C1. The van der Waals surface area contributed by atoms with Gasteiger partial charge in [-0.2, -0.15) is 0 Å². The molecule has 3 rings (SSSR count). The van der Waals surface area contributed by atoms with Gasteiger partial charge in [0.25, 0.3) is 0 Å². The summed E-state index contributed by atoms with van der Waals surface area (Å²) in [7, 11) is 0. The number of aldehydes is 1. The highest BCUT2D eigenvalue weighted by molar-refractivity contribution is 5.75. The molecule has 0 aliphatic heterocycles. The molecule has 0 unspecified atom stereocenters. The number of ether oxygens (including phenoxy) is 3. The number of rotatable bonds is 20. The number of amides is 1. The third-order valence-corrected chi connectivity index (χ3v) is 11.0. The lowest BCUT2D eigenvalue weighted by molar-refractivity contribution is -0.122. The molecule has 0 saturated heterocycles. The van der Waals surface area contributed by atoms with Crippen LogP contribution in [-0.2, 0) is 23.8 Å². The maximum absolute atomic E-state index is 12.1. The second-order valence-electron chi connectivity index (χ2n) is 15.5. The molecule has 5 atom stereocenters. The van der Waals surface area contributed by atoms with Crippen LogP contribution in [-0.4, -0.2) is 68.6 Å². The van der Waals surface area contributed by atoms with Gasteiger partial charge in [0.15, 0.2) is 0 Å². The maximum atomic E-state index is 12.1. The van der Waals surface area contributed by atoms with Crippen LogP contribution in [0.2, 0.25) is 0 Å². The molecule has 47 heavy (non-hydrogen) atoms. The van der Waals surface area contributed by atoms with E-state index in [-0.39, 0.29) is 18.6 Å². The van der Waals surface area contributed by atoms with Crippen molar-refractivity contribution < 1.29 is 28.9 Å². The van der Waals surface area contributed by atoms with E-state index < -0.39 is 5.60 Å². The Balaban J connectivity index is 1.39. The first-order chi connectivity index (χ1) is 22.5. The quantitative estimate of drug-likeness (QED) is 0.0782. The summed E-state index contributed by atoms with van der Waals surface area (Å²) in [4.78, 5) is 22.3. The van der Waals surface area contributed by atoms with E-state index in [1.807, 2.05) is 13.8 Å². The molecule has 0 aromatic rings. The van der Waals surface area contributed by atoms with Crippen molar-refractivity contribution in [3.63, 3.8) is 0 Å². The van der Waals surface area contributed by atoms with Gasteiger partial charge in [0.2, 0.25) is 5.91 Å². The van der Waals surface area contributed by atoms with Gasteiger partial charge in [-0.25, -0.2) is 0 Å². The average Bonchev–Trinajstić information content (AvgIpc) is 3.37. The predicted octanol–water partition coefficient (Wildman–Crippen LogP) is 8.06. The Labute approximate surface area is 286 Å². The van der Waals surface area contributed by atoms with E-state index in [4.69, 9.17) is 14.2 Å². The van der Waals surface area contributed by atoms with Crippen molar-refractivity contribution in [2.75, 3.05) is 39.6 Å². The first-order valence-corrected chi connectivity index (χ1v) is 18.8. The first kappa shape index (κ1) is 39.6. The summed E-state index contributed by atoms with van der Waals surface area (Å²) in [6.45, 7) is 16.1. The predicted molar refractivity (Wildman–Crippen MR) is 190 cm³/mol. The lowest BCUT2D eigenvalue weighted by Gasteiger charge is -2.44. The van der Waals surface area contributed by atoms with E-state index in [1.54, 1.807) is 5.57 Å². The van der Waals surface area contributed by atoms with Crippen molar-refractivity contribution in [2.24, 2.45) is 23.2 Å². The van der Waals surface area contributed by atoms with Crippen molar-refractivity contribution in [2.45, 2.75) is 142 Å². The van der Waals surface area contributed by atoms with Crippen LogP contribution >= 0.6 is 0 Å². The van der Waals surface area contributed by atoms with E-state index >= 15 is 0 Å². The van der Waals surface area contributed by atoms with Crippen LogP contribution in [0.25, 0.3) is 0 Å². The van der Waals surface area contributed by atoms with Crippen LogP contribution in [0.3, 0.4) is 0 Å². The summed E-state index contributed by atoms with van der Waals surface area (Å²) in [6, 6.07) is 0. The van der Waals surface area contributed by atoms with Crippen LogP contribution in [0.5, 0.6) is 0 Å². The van der Waals surface area contributed by atoms with Crippen molar-refractivity contribution in [3.05, 3.63) is 35.5 Å². The molecule has 1 amide bonds. The van der Waals surface area contributed by atoms with Gasteiger partial charge in [-0.3, -0.25) is 4.79 Å². The van der Waals surface area contributed by atoms with Crippen LogP contribution in [0.15, 0.2) is 35.5 Å². The highest BCUT2D eigenvalue weighted by Crippen LogP contribution is 2.60. The average molecular weight is 658 g/mol. The molecule has 0 bridgehead atoms. The Morgan fingerprint density at radius 1 is 1.04 bits per heavy atom. The maximum Gasteiger partial charge on any atom is 0.222 e. The van der Waals surface area contributed by atoms with Gasteiger partial charge in [-0.15, -0.1) is 0 Å². The number of carbonyl (C=O) groups is 2. The molecule has 0 radical (unpaired) electrons. The van der Waals surface area contributed by atoms with Crippen molar-refractivity contribution in [1.82, 2.24) is 5.32 Å². The Morgan fingerprint density at radius 3 is 2.62 bits per heavy atom. The Kier molecular flexibility index (Phi) is 17.4. The minimum absolute atomic E-state index is 0.00329. The van der Waals surface area contributed by atoms with E-state index in [2.05, 4.69) is 37.9 Å². The number of allylic oxidation sites excluding steroid dienone is 5. The topological polar surface area (TPSA) is 94.1 Å². The van der Waals surface area contributed by atoms with Crippen molar-refractivity contribution in [3.8, 4) is 0 Å². The van der Waals surface area contributed by atoms with Crippen molar-refractivity contribution >= 4 is 12.2 Å². The van der Waals surface area contributed by atoms with Gasteiger partial charge in [-0.1, -0.05) is 62.1 Å². The number of hydrogen-bond acceptors (Lipinski definition) is 6. The summed E-state index contributed by atoms with van der Waals surface area (Å²) in [5, 5.41) is 13.1. The van der Waals surface area contributed by atoms with E-state index in [0.717, 1.165) is 63.6 Å². The Morgan fingerprint density at radius 2 is 1.83 bits per heavy atom. The third-order valence-electron chi connectivity index (χ3n) is 11.0. The molecule has 3 saturated carbocycles. The van der Waals surface area contributed by atoms with Gasteiger partial charge in [0.1, 0.15) is 12.9 Å². The number of nitrogens with one attached hydrogen (secondary N) is 1. The number of fused-ring (bicyclic) bond motifs is 1. The normalized spacial score (nSPS) is 27.8. The van der Waals surface area contributed by atoms with E-state index in [1.165, 1.54) is 49.7 Å². The van der Waals surface area contributed by atoms with Crippen molar-refractivity contribution in [1.29, 1.82) is 0 Å². The summed E-state index contributed by atoms with van der Waals surface area (Å²) in [5.41, 5.74) is 4.31. The van der Waals surface area contributed by atoms with Crippen LogP contribution < -0.4 is 5.32 Å². The van der Waals surface area contributed by atoms with Gasteiger partial charge in [0.05, 0.1) is 18.3 Å². The minimum atomic E-state index is -0.558. The summed E-state index contributed by atoms with van der Waals surface area (Å²) < 4.78 is 16.8. The molecule has 0 aromatic heterocycles. The number of hydrogen-bond donors (Lipinski definition) is 2. The van der Waals surface area contributed by atoms with Gasteiger partial charge in [0, 0.05) is 32.8 Å². The second kappa shape index (κ2) is 20.7. The zero-order valence-electron chi connectivity index (χ0n) is 30.3. The van der Waals surface area contributed by atoms with Crippen LogP contribution in [0.4, 0.5) is 0 Å². The molecule has 3 aliphatic carbocycles. The Hall–Kier alpha value is -1.80. The van der Waals surface area contributed by atoms with E-state index in [9.17, 15) is 14.7 Å². The fourth-order valence-electron chi connectivity index (χ4n) is 8.46. The molecule has 0 heterocycles. The molecule has 3 aliphatic rings. The fourth-order valence-corrected chi connectivity index (χ4v) is 8.46. The van der Waals surface area contributed by atoms with Gasteiger partial charge in [-0.05, 0) is 120 Å². The zero-order valence-corrected chi connectivity index (χ0v) is 30.3. The lowest BCUT2D eigenvalue weighted by Crippen LogP contribution is -2.36. The third kappa shape index (κ3) is 14.3. The molecular formula is C40H67NO6. The molecule has 268 valence electrons. The number of carbonyl (C=O) groups excluding carboxylic acids is 2. The fraction of sp³-hybridized carbons (Fsp3) is 0.800. The smallest absolute Gasteiger partial charge is 0.222 e. The van der Waals surface area contributed by atoms with Gasteiger partial charge >= 0.3 is 0 Å². The molecule has 0 aromatic carbocycles. The first-order valence-electron chi connectivity index (χ1n) is 18.8.